The molecule has 3 aromatic rings. The third-order valence-corrected chi connectivity index (χ3v) is 7.41. The van der Waals surface area contributed by atoms with Gasteiger partial charge in [-0.15, -0.1) is 11.3 Å². The molecule has 31 heavy (non-hydrogen) atoms. The van der Waals surface area contributed by atoms with Crippen molar-refractivity contribution in [3.8, 4) is 5.75 Å². The van der Waals surface area contributed by atoms with Crippen LogP contribution in [0.2, 0.25) is 0 Å². The molecule has 1 amide bonds. The lowest BCUT2D eigenvalue weighted by molar-refractivity contribution is 0.0309. The Labute approximate surface area is 186 Å². The highest BCUT2D eigenvalue weighted by atomic mass is 32.1. The molecule has 5 rings (SSSR count). The van der Waals surface area contributed by atoms with Gasteiger partial charge in [-0.2, -0.15) is 0 Å². The molecule has 0 unspecified atom stereocenters. The largest absolute Gasteiger partial charge is 0.497 e. The summed E-state index contributed by atoms with van der Waals surface area (Å²) in [6.45, 7) is 3.91. The van der Waals surface area contributed by atoms with Crippen molar-refractivity contribution >= 4 is 17.2 Å². The summed E-state index contributed by atoms with van der Waals surface area (Å²) in [6.07, 6.45) is 6.99. The predicted octanol–water partition coefficient (Wildman–Crippen LogP) is 3.51. The second-order valence-corrected chi connectivity index (χ2v) is 9.21. The van der Waals surface area contributed by atoms with Crippen LogP contribution in [0.5, 0.6) is 5.75 Å². The first-order chi connectivity index (χ1) is 15.2. The van der Waals surface area contributed by atoms with Crippen molar-refractivity contribution in [1.82, 2.24) is 24.8 Å². The van der Waals surface area contributed by atoms with E-state index in [1.807, 2.05) is 24.5 Å². The van der Waals surface area contributed by atoms with Crippen LogP contribution in [0.3, 0.4) is 0 Å². The zero-order valence-corrected chi connectivity index (χ0v) is 18.5. The molecule has 1 N–H and O–H groups in total. The van der Waals surface area contributed by atoms with E-state index in [0.29, 0.717) is 5.69 Å². The Morgan fingerprint density at radius 2 is 1.97 bits per heavy atom. The van der Waals surface area contributed by atoms with E-state index in [2.05, 4.69) is 36.9 Å². The van der Waals surface area contributed by atoms with Crippen LogP contribution in [0.1, 0.15) is 47.2 Å². The standard InChI is InChI=1S/C23H27N5O2S/c1-30-18-4-2-17(3-5-18)14-27-10-6-23(7-11-27)8-12-28-13-9-24-21(28)20(23)26-22(29)19-15-31-16-25-19/h2-5,9,13,15-16,20H,6-8,10-12,14H2,1H3,(H,26,29)/t20-/m0/s1. The van der Waals surface area contributed by atoms with E-state index < -0.39 is 0 Å². The van der Waals surface area contributed by atoms with E-state index in [9.17, 15) is 4.79 Å². The van der Waals surface area contributed by atoms with Crippen LogP contribution in [0.4, 0.5) is 0 Å². The average Bonchev–Trinajstić information content (AvgIpc) is 3.50. The molecule has 1 fully saturated rings. The maximum absolute atomic E-state index is 12.9. The highest BCUT2D eigenvalue weighted by Crippen LogP contribution is 2.48. The minimum absolute atomic E-state index is 0.0312. The van der Waals surface area contributed by atoms with Crippen molar-refractivity contribution in [3.63, 3.8) is 0 Å². The Balaban J connectivity index is 1.31. The molecule has 0 radical (unpaired) electrons. The molecule has 2 aromatic heterocycles. The second-order valence-electron chi connectivity index (χ2n) is 8.50. The fourth-order valence-electron chi connectivity index (χ4n) is 4.96. The van der Waals surface area contributed by atoms with Gasteiger partial charge in [0.15, 0.2) is 0 Å². The number of benzene rings is 1. The molecule has 1 spiro atoms. The van der Waals surface area contributed by atoms with Gasteiger partial charge >= 0.3 is 0 Å². The minimum atomic E-state index is -0.109. The fraction of sp³-hybridized carbons (Fsp3) is 0.435. The van der Waals surface area contributed by atoms with Gasteiger partial charge in [0.1, 0.15) is 17.3 Å². The number of imidazole rings is 1. The number of carbonyl (C=O) groups is 1. The Hall–Kier alpha value is -2.71. The van der Waals surface area contributed by atoms with Gasteiger partial charge in [0.2, 0.25) is 0 Å². The zero-order chi connectivity index (χ0) is 21.3. The number of amides is 1. The molecule has 0 bridgehead atoms. The van der Waals surface area contributed by atoms with E-state index in [0.717, 1.165) is 57.0 Å². The number of fused-ring (bicyclic) bond motifs is 1. The zero-order valence-electron chi connectivity index (χ0n) is 17.7. The van der Waals surface area contributed by atoms with Crippen LogP contribution in [0, 0.1) is 5.41 Å². The van der Waals surface area contributed by atoms with Crippen LogP contribution < -0.4 is 10.1 Å². The number of likely N-dealkylation sites (tertiary alicyclic amines) is 1. The van der Waals surface area contributed by atoms with Crippen LogP contribution in [0.25, 0.3) is 0 Å². The molecule has 162 valence electrons. The number of nitrogens with one attached hydrogen (secondary N) is 1. The fourth-order valence-corrected chi connectivity index (χ4v) is 5.50. The van der Waals surface area contributed by atoms with Crippen molar-refractivity contribution in [2.45, 2.75) is 38.4 Å². The quantitative estimate of drug-likeness (QED) is 0.661. The number of thiazole rings is 1. The summed E-state index contributed by atoms with van der Waals surface area (Å²) in [7, 11) is 1.69. The molecule has 0 saturated carbocycles. The number of carbonyl (C=O) groups excluding carboxylic acids is 1. The lowest BCUT2D eigenvalue weighted by Crippen LogP contribution is -2.51. The van der Waals surface area contributed by atoms with E-state index in [-0.39, 0.29) is 17.4 Å². The van der Waals surface area contributed by atoms with Gasteiger partial charge in [-0.3, -0.25) is 9.69 Å². The van der Waals surface area contributed by atoms with Crippen molar-refractivity contribution in [2.75, 3.05) is 20.2 Å². The summed E-state index contributed by atoms with van der Waals surface area (Å²) in [6, 6.07) is 8.22. The highest BCUT2D eigenvalue weighted by molar-refractivity contribution is 7.07. The van der Waals surface area contributed by atoms with E-state index in [1.54, 1.807) is 18.0 Å². The number of rotatable bonds is 5. The predicted molar refractivity (Wildman–Crippen MR) is 119 cm³/mol. The van der Waals surface area contributed by atoms with E-state index in [4.69, 9.17) is 4.74 Å². The summed E-state index contributed by atoms with van der Waals surface area (Å²) < 4.78 is 7.45. The molecule has 7 nitrogen and oxygen atoms in total. The smallest absolute Gasteiger partial charge is 0.271 e. The van der Waals surface area contributed by atoms with Gasteiger partial charge in [0.05, 0.1) is 18.7 Å². The average molecular weight is 438 g/mol. The van der Waals surface area contributed by atoms with Gasteiger partial charge in [-0.1, -0.05) is 12.1 Å². The first kappa shape index (κ1) is 20.2. The third-order valence-electron chi connectivity index (χ3n) is 6.83. The molecule has 0 aliphatic carbocycles. The van der Waals surface area contributed by atoms with Crippen LogP contribution in [-0.4, -0.2) is 45.5 Å². The van der Waals surface area contributed by atoms with E-state index >= 15 is 0 Å². The molecule has 8 heteroatoms. The van der Waals surface area contributed by atoms with Crippen molar-refractivity contribution in [2.24, 2.45) is 5.41 Å². The summed E-state index contributed by atoms with van der Waals surface area (Å²) in [4.78, 5) is 24.2. The van der Waals surface area contributed by atoms with E-state index in [1.165, 1.54) is 16.9 Å². The number of piperidine rings is 1. The summed E-state index contributed by atoms with van der Waals surface area (Å²) >= 11 is 1.44. The topological polar surface area (TPSA) is 72.3 Å². The van der Waals surface area contributed by atoms with Gasteiger partial charge < -0.3 is 14.6 Å². The molecular weight excluding hydrogens is 410 g/mol. The summed E-state index contributed by atoms with van der Waals surface area (Å²) in [5, 5.41) is 5.09. The maximum atomic E-state index is 12.9. The van der Waals surface area contributed by atoms with Crippen molar-refractivity contribution < 1.29 is 9.53 Å². The van der Waals surface area contributed by atoms with Crippen LogP contribution in [-0.2, 0) is 13.1 Å². The first-order valence-electron chi connectivity index (χ1n) is 10.7. The van der Waals surface area contributed by atoms with Gasteiger partial charge in [-0.05, 0) is 50.0 Å². The number of nitrogens with zero attached hydrogens (tertiary/aromatic N) is 4. The monoisotopic (exact) mass is 437 g/mol. The van der Waals surface area contributed by atoms with Gasteiger partial charge in [0, 0.05) is 36.3 Å². The van der Waals surface area contributed by atoms with Gasteiger partial charge in [0.25, 0.3) is 5.91 Å². The second kappa shape index (κ2) is 8.43. The van der Waals surface area contributed by atoms with Crippen LogP contribution in [0.15, 0.2) is 47.5 Å². The third kappa shape index (κ3) is 3.97. The Morgan fingerprint density at radius 3 is 2.68 bits per heavy atom. The number of aryl methyl sites for hydroxylation is 1. The molecule has 2 aliphatic rings. The molecule has 4 heterocycles. The number of methoxy groups -OCH3 is 1. The molecule has 1 atom stereocenters. The Bertz CT molecular complexity index is 1020. The normalized spacial score (nSPS) is 20.4. The van der Waals surface area contributed by atoms with Crippen molar-refractivity contribution in [1.29, 1.82) is 0 Å². The maximum Gasteiger partial charge on any atom is 0.271 e. The SMILES string of the molecule is COc1ccc(CN2CCC3(CC2)CCn2ccnc2[C@@H]3NC(=O)c2cscn2)cc1. The molecular formula is C23H27N5O2S. The van der Waals surface area contributed by atoms with Gasteiger partial charge in [-0.25, -0.2) is 9.97 Å². The highest BCUT2D eigenvalue weighted by Gasteiger charge is 2.47. The number of hydrogen-bond donors (Lipinski definition) is 1. The lowest BCUT2D eigenvalue weighted by atomic mass is 9.68. The lowest BCUT2D eigenvalue weighted by Gasteiger charge is -2.49. The number of hydrogen-bond acceptors (Lipinski definition) is 6. The molecule has 1 aromatic carbocycles. The summed E-state index contributed by atoms with van der Waals surface area (Å²) in [5.74, 6) is 1.75. The Kier molecular flexibility index (Phi) is 5.50. The number of ether oxygens (including phenoxy) is 1. The first-order valence-corrected chi connectivity index (χ1v) is 11.7. The molecule has 2 aliphatic heterocycles. The molecule has 1 saturated heterocycles. The number of aromatic nitrogens is 3. The van der Waals surface area contributed by atoms with Crippen molar-refractivity contribution in [3.05, 3.63) is 64.6 Å². The summed E-state index contributed by atoms with van der Waals surface area (Å²) in [5.41, 5.74) is 3.51. The van der Waals surface area contributed by atoms with Crippen LogP contribution >= 0.6 is 11.3 Å². The Morgan fingerprint density at radius 1 is 1.19 bits per heavy atom. The minimum Gasteiger partial charge on any atom is -0.497 e.